The number of urea groups is 1. The van der Waals surface area contributed by atoms with Gasteiger partial charge in [-0.05, 0) is 42.0 Å². The highest BCUT2D eigenvalue weighted by Crippen LogP contribution is 2.15. The molecule has 0 aliphatic rings. The van der Waals surface area contributed by atoms with E-state index in [1.165, 1.54) is 0 Å². The number of anilines is 1. The molecule has 5 nitrogen and oxygen atoms in total. The van der Waals surface area contributed by atoms with Crippen molar-refractivity contribution in [1.82, 2.24) is 9.88 Å². The van der Waals surface area contributed by atoms with Crippen LogP contribution in [0.3, 0.4) is 0 Å². The lowest BCUT2D eigenvalue weighted by Gasteiger charge is -2.18. The van der Waals surface area contributed by atoms with Crippen molar-refractivity contribution in [2.75, 3.05) is 19.5 Å². The van der Waals surface area contributed by atoms with E-state index in [0.717, 1.165) is 17.0 Å². The maximum absolute atomic E-state index is 12.0. The fourth-order valence-electron chi connectivity index (χ4n) is 1.73. The van der Waals surface area contributed by atoms with Crippen LogP contribution in [0.4, 0.5) is 10.5 Å². The van der Waals surface area contributed by atoms with E-state index in [4.69, 9.17) is 4.74 Å². The van der Waals surface area contributed by atoms with Crippen LogP contribution in [0.15, 0.2) is 48.8 Å². The van der Waals surface area contributed by atoms with E-state index in [9.17, 15) is 4.79 Å². The van der Waals surface area contributed by atoms with E-state index >= 15 is 0 Å². The first-order valence-electron chi connectivity index (χ1n) is 6.24. The Morgan fingerprint density at radius 1 is 1.20 bits per heavy atom. The Hall–Kier alpha value is -2.56. The van der Waals surface area contributed by atoms with E-state index in [-0.39, 0.29) is 6.03 Å². The molecular formula is C15H17N3O2. The zero-order valence-electron chi connectivity index (χ0n) is 11.5. The summed E-state index contributed by atoms with van der Waals surface area (Å²) in [5.74, 6) is 0.758. The SMILES string of the molecule is COc1ccc(NC(=O)N(C)Cc2ccncc2)cc1. The van der Waals surface area contributed by atoms with Gasteiger partial charge in [-0.2, -0.15) is 0 Å². The third-order valence-electron chi connectivity index (χ3n) is 2.86. The van der Waals surface area contributed by atoms with Crippen LogP contribution in [0.1, 0.15) is 5.56 Å². The van der Waals surface area contributed by atoms with Crippen molar-refractivity contribution in [2.24, 2.45) is 0 Å². The molecule has 2 amide bonds. The Labute approximate surface area is 118 Å². The molecule has 0 atom stereocenters. The molecule has 0 saturated carbocycles. The average Bonchev–Trinajstić information content (AvgIpc) is 2.49. The lowest BCUT2D eigenvalue weighted by atomic mass is 10.2. The summed E-state index contributed by atoms with van der Waals surface area (Å²) in [7, 11) is 3.36. The Morgan fingerprint density at radius 3 is 2.45 bits per heavy atom. The molecule has 0 radical (unpaired) electrons. The van der Waals surface area contributed by atoms with Gasteiger partial charge in [0.25, 0.3) is 0 Å². The Bertz CT molecular complexity index is 555. The minimum Gasteiger partial charge on any atom is -0.497 e. The van der Waals surface area contributed by atoms with Gasteiger partial charge in [0.1, 0.15) is 5.75 Å². The van der Waals surface area contributed by atoms with E-state index < -0.39 is 0 Å². The fraction of sp³-hybridized carbons (Fsp3) is 0.200. The molecule has 0 bridgehead atoms. The first-order valence-corrected chi connectivity index (χ1v) is 6.24. The third kappa shape index (κ3) is 3.71. The molecule has 5 heteroatoms. The number of rotatable bonds is 4. The van der Waals surface area contributed by atoms with E-state index in [1.54, 1.807) is 55.7 Å². The van der Waals surface area contributed by atoms with Crippen LogP contribution in [-0.2, 0) is 6.54 Å². The van der Waals surface area contributed by atoms with Gasteiger partial charge < -0.3 is 15.0 Å². The zero-order valence-corrected chi connectivity index (χ0v) is 11.5. The van der Waals surface area contributed by atoms with Crippen LogP contribution in [0.5, 0.6) is 5.75 Å². The maximum atomic E-state index is 12.0. The summed E-state index contributed by atoms with van der Waals surface area (Å²) in [6, 6.07) is 10.8. The molecular weight excluding hydrogens is 254 g/mol. The van der Waals surface area contributed by atoms with E-state index in [0.29, 0.717) is 6.54 Å². The molecule has 0 fully saturated rings. The van der Waals surface area contributed by atoms with Gasteiger partial charge in [0.05, 0.1) is 7.11 Å². The predicted octanol–water partition coefficient (Wildman–Crippen LogP) is 2.75. The normalized spacial score (nSPS) is 9.90. The number of pyridine rings is 1. The number of ether oxygens (including phenoxy) is 1. The molecule has 1 N–H and O–H groups in total. The number of carbonyl (C=O) groups excluding carboxylic acids is 1. The van der Waals surface area contributed by atoms with Crippen LogP contribution in [0.25, 0.3) is 0 Å². The molecule has 1 heterocycles. The molecule has 20 heavy (non-hydrogen) atoms. The van der Waals surface area contributed by atoms with Crippen LogP contribution in [-0.4, -0.2) is 30.1 Å². The quantitative estimate of drug-likeness (QED) is 0.930. The molecule has 1 aromatic heterocycles. The van der Waals surface area contributed by atoms with E-state index in [1.807, 2.05) is 12.1 Å². The number of nitrogens with one attached hydrogen (secondary N) is 1. The molecule has 0 aliphatic carbocycles. The Morgan fingerprint density at radius 2 is 1.85 bits per heavy atom. The number of aromatic nitrogens is 1. The molecule has 0 aliphatic heterocycles. The molecule has 2 aromatic rings. The van der Waals surface area contributed by atoms with Gasteiger partial charge in [0.2, 0.25) is 0 Å². The summed E-state index contributed by atoms with van der Waals surface area (Å²) in [5, 5.41) is 2.83. The summed E-state index contributed by atoms with van der Waals surface area (Å²) in [4.78, 5) is 17.6. The second-order valence-corrected chi connectivity index (χ2v) is 4.37. The summed E-state index contributed by atoms with van der Waals surface area (Å²) >= 11 is 0. The largest absolute Gasteiger partial charge is 0.497 e. The second kappa shape index (κ2) is 6.56. The highest BCUT2D eigenvalue weighted by molar-refractivity contribution is 5.89. The third-order valence-corrected chi connectivity index (χ3v) is 2.86. The zero-order chi connectivity index (χ0) is 14.4. The highest BCUT2D eigenvalue weighted by Gasteiger charge is 2.09. The standard InChI is InChI=1S/C15H17N3O2/c1-18(11-12-7-9-16-10-8-12)15(19)17-13-3-5-14(20-2)6-4-13/h3-10H,11H2,1-2H3,(H,17,19). The predicted molar refractivity (Wildman–Crippen MR) is 77.7 cm³/mol. The number of nitrogens with zero attached hydrogens (tertiary/aromatic N) is 2. The van der Waals surface area contributed by atoms with Gasteiger partial charge in [-0.1, -0.05) is 0 Å². The lowest BCUT2D eigenvalue weighted by Crippen LogP contribution is -2.30. The lowest BCUT2D eigenvalue weighted by molar-refractivity contribution is 0.220. The Kier molecular flexibility index (Phi) is 4.55. The molecule has 104 valence electrons. The van der Waals surface area contributed by atoms with Crippen LogP contribution >= 0.6 is 0 Å². The van der Waals surface area contributed by atoms with Gasteiger partial charge in [0.15, 0.2) is 0 Å². The monoisotopic (exact) mass is 271 g/mol. The smallest absolute Gasteiger partial charge is 0.321 e. The average molecular weight is 271 g/mol. The molecule has 1 aromatic carbocycles. The minimum absolute atomic E-state index is 0.160. The second-order valence-electron chi connectivity index (χ2n) is 4.37. The highest BCUT2D eigenvalue weighted by atomic mass is 16.5. The van der Waals surface area contributed by atoms with Crippen LogP contribution in [0.2, 0.25) is 0 Å². The summed E-state index contributed by atoms with van der Waals surface area (Å²) in [5.41, 5.74) is 1.77. The first kappa shape index (κ1) is 13.9. The number of hydrogen-bond acceptors (Lipinski definition) is 3. The van der Waals surface area contributed by atoms with Crippen molar-refractivity contribution in [2.45, 2.75) is 6.54 Å². The molecule has 0 unspecified atom stereocenters. The van der Waals surface area contributed by atoms with E-state index in [2.05, 4.69) is 10.3 Å². The van der Waals surface area contributed by atoms with Gasteiger partial charge in [-0.3, -0.25) is 4.98 Å². The topological polar surface area (TPSA) is 54.5 Å². The maximum Gasteiger partial charge on any atom is 0.321 e. The van der Waals surface area contributed by atoms with Crippen molar-refractivity contribution in [3.63, 3.8) is 0 Å². The molecule has 0 saturated heterocycles. The van der Waals surface area contributed by atoms with Crippen molar-refractivity contribution in [3.05, 3.63) is 54.4 Å². The van der Waals surface area contributed by atoms with Crippen molar-refractivity contribution in [1.29, 1.82) is 0 Å². The number of benzene rings is 1. The van der Waals surface area contributed by atoms with Gasteiger partial charge in [-0.25, -0.2) is 4.79 Å². The van der Waals surface area contributed by atoms with Gasteiger partial charge in [0, 0.05) is 31.7 Å². The molecule has 2 rings (SSSR count). The number of hydrogen-bond donors (Lipinski definition) is 1. The molecule has 0 spiro atoms. The summed E-state index contributed by atoms with van der Waals surface area (Å²) < 4.78 is 5.07. The number of methoxy groups -OCH3 is 1. The van der Waals surface area contributed by atoms with Crippen molar-refractivity contribution in [3.8, 4) is 5.75 Å². The summed E-state index contributed by atoms with van der Waals surface area (Å²) in [6.45, 7) is 0.532. The van der Waals surface area contributed by atoms with Crippen molar-refractivity contribution >= 4 is 11.7 Å². The number of carbonyl (C=O) groups is 1. The minimum atomic E-state index is -0.160. The summed E-state index contributed by atoms with van der Waals surface area (Å²) in [6.07, 6.45) is 3.43. The van der Waals surface area contributed by atoms with Crippen molar-refractivity contribution < 1.29 is 9.53 Å². The Balaban J connectivity index is 1.93. The van der Waals surface area contributed by atoms with Crippen LogP contribution in [0, 0.1) is 0 Å². The van der Waals surface area contributed by atoms with Gasteiger partial charge in [-0.15, -0.1) is 0 Å². The fourth-order valence-corrected chi connectivity index (χ4v) is 1.73. The number of amides is 2. The first-order chi connectivity index (χ1) is 9.69. The van der Waals surface area contributed by atoms with Crippen LogP contribution < -0.4 is 10.1 Å². The van der Waals surface area contributed by atoms with Gasteiger partial charge >= 0.3 is 6.03 Å².